The van der Waals surface area contributed by atoms with Gasteiger partial charge < -0.3 is 15.2 Å². The van der Waals surface area contributed by atoms with E-state index in [-0.39, 0.29) is 16.9 Å². The second-order valence-corrected chi connectivity index (χ2v) is 5.49. The topological polar surface area (TPSA) is 128 Å². The largest absolute Gasteiger partial charge is 0.865 e. The Labute approximate surface area is 155 Å². The molecule has 0 atom stereocenters. The van der Waals surface area contributed by atoms with Gasteiger partial charge in [0, 0.05) is 18.4 Å². The zero-order chi connectivity index (χ0) is 19.8. The first-order valence-corrected chi connectivity index (χ1v) is 7.93. The second kappa shape index (κ2) is 9.01. The number of nitriles is 1. The summed E-state index contributed by atoms with van der Waals surface area (Å²) in [5.74, 6) is -1.72. The summed E-state index contributed by atoms with van der Waals surface area (Å²) in [6.45, 7) is 0.324. The zero-order valence-electron chi connectivity index (χ0n) is 14.5. The molecule has 2 rings (SSSR count). The molecule has 0 aliphatic carbocycles. The van der Waals surface area contributed by atoms with Crippen molar-refractivity contribution in [3.63, 3.8) is 0 Å². The van der Waals surface area contributed by atoms with Gasteiger partial charge >= 0.3 is 0 Å². The summed E-state index contributed by atoms with van der Waals surface area (Å²) in [6, 6.07) is 13.5. The molecule has 0 unspecified atom stereocenters. The highest BCUT2D eigenvalue weighted by atomic mass is 16.6. The first-order chi connectivity index (χ1) is 13.0. The minimum atomic E-state index is -0.870. The van der Waals surface area contributed by atoms with Crippen LogP contribution in [0, 0.1) is 21.4 Å². The van der Waals surface area contributed by atoms with Crippen LogP contribution in [-0.2, 0) is 11.2 Å². The number of carbonyl (C=O) groups is 1. The van der Waals surface area contributed by atoms with E-state index in [1.807, 2.05) is 30.3 Å². The van der Waals surface area contributed by atoms with Crippen molar-refractivity contribution in [2.45, 2.75) is 6.42 Å². The van der Waals surface area contributed by atoms with Crippen molar-refractivity contribution >= 4 is 17.7 Å². The second-order valence-electron chi connectivity index (χ2n) is 5.49. The molecule has 0 bridgehead atoms. The van der Waals surface area contributed by atoms with Crippen LogP contribution >= 0.6 is 0 Å². The molecule has 0 aliphatic rings. The first-order valence-electron chi connectivity index (χ1n) is 7.93. The third-order valence-corrected chi connectivity index (χ3v) is 3.69. The van der Waals surface area contributed by atoms with E-state index in [1.54, 1.807) is 6.07 Å². The van der Waals surface area contributed by atoms with Gasteiger partial charge in [0.15, 0.2) is 0 Å². The van der Waals surface area contributed by atoms with Gasteiger partial charge in [-0.1, -0.05) is 30.3 Å². The lowest BCUT2D eigenvalue weighted by Crippen LogP contribution is -2.26. The number of nitro benzene ring substituents is 1. The van der Waals surface area contributed by atoms with Crippen LogP contribution in [0.25, 0.3) is 6.08 Å². The molecule has 0 radical (unpaired) electrons. The number of carbonyl (C=O) groups excluding carboxylic acids is 1. The maximum Gasteiger partial charge on any atom is 0.266 e. The maximum absolute atomic E-state index is 12.2. The average molecular weight is 366 g/mol. The molecular weight excluding hydrogens is 350 g/mol. The van der Waals surface area contributed by atoms with Crippen LogP contribution in [0.4, 0.5) is 5.69 Å². The van der Waals surface area contributed by atoms with Crippen LogP contribution in [-0.4, -0.2) is 24.5 Å². The summed E-state index contributed by atoms with van der Waals surface area (Å²) in [5.41, 5.74) is 0.250. The van der Waals surface area contributed by atoms with Crippen molar-refractivity contribution in [3.8, 4) is 17.6 Å². The molecule has 0 spiro atoms. The summed E-state index contributed by atoms with van der Waals surface area (Å²) < 4.78 is 4.84. The van der Waals surface area contributed by atoms with Gasteiger partial charge in [0.05, 0.1) is 12.0 Å². The number of ether oxygens (including phenoxy) is 1. The maximum atomic E-state index is 12.2. The van der Waals surface area contributed by atoms with Crippen molar-refractivity contribution in [3.05, 3.63) is 69.3 Å². The van der Waals surface area contributed by atoms with Gasteiger partial charge in [-0.3, -0.25) is 14.9 Å². The summed E-state index contributed by atoms with van der Waals surface area (Å²) >= 11 is 0. The number of methoxy groups -OCH3 is 1. The van der Waals surface area contributed by atoms with E-state index >= 15 is 0 Å². The molecule has 1 amide bonds. The highest BCUT2D eigenvalue weighted by molar-refractivity contribution is 6.01. The lowest BCUT2D eigenvalue weighted by molar-refractivity contribution is -0.398. The highest BCUT2D eigenvalue weighted by Gasteiger charge is 2.15. The zero-order valence-corrected chi connectivity index (χ0v) is 14.5. The molecule has 0 aromatic heterocycles. The Kier molecular flexibility index (Phi) is 6.49. The van der Waals surface area contributed by atoms with Crippen molar-refractivity contribution < 1.29 is 19.6 Å². The Balaban J connectivity index is 2.17. The van der Waals surface area contributed by atoms with Gasteiger partial charge in [-0.05, 0) is 29.7 Å². The lowest BCUT2D eigenvalue weighted by Gasteiger charge is -2.13. The molecule has 0 fully saturated rings. The van der Waals surface area contributed by atoms with E-state index in [2.05, 4.69) is 5.32 Å². The van der Waals surface area contributed by atoms with E-state index in [4.69, 9.17) is 4.74 Å². The van der Waals surface area contributed by atoms with Gasteiger partial charge in [0.25, 0.3) is 11.6 Å². The molecule has 2 aromatic rings. The minimum Gasteiger partial charge on any atom is -0.865 e. The molecule has 1 N–H and O–H groups in total. The average Bonchev–Trinajstić information content (AvgIpc) is 2.67. The predicted molar refractivity (Wildman–Crippen MR) is 95.8 cm³/mol. The number of nitrogens with one attached hydrogen (secondary N) is 1. The minimum absolute atomic E-state index is 0.146. The molecule has 27 heavy (non-hydrogen) atoms. The van der Waals surface area contributed by atoms with Crippen molar-refractivity contribution in [1.29, 1.82) is 5.26 Å². The van der Waals surface area contributed by atoms with Gasteiger partial charge in [-0.2, -0.15) is 5.26 Å². The summed E-state index contributed by atoms with van der Waals surface area (Å²) in [4.78, 5) is 22.3. The number of hydrogen-bond acceptors (Lipinski definition) is 6. The fraction of sp³-hybridized carbons (Fsp3) is 0.158. The Morgan fingerprint density at radius 1 is 1.33 bits per heavy atom. The number of nitro groups is 1. The van der Waals surface area contributed by atoms with Crippen LogP contribution in [0.2, 0.25) is 0 Å². The normalized spacial score (nSPS) is 10.7. The monoisotopic (exact) mass is 366 g/mol. The number of hydrogen-bond donors (Lipinski definition) is 1. The fourth-order valence-corrected chi connectivity index (χ4v) is 2.35. The summed E-state index contributed by atoms with van der Waals surface area (Å²) in [6.07, 6.45) is 1.77. The molecule has 8 heteroatoms. The van der Waals surface area contributed by atoms with E-state index in [0.717, 1.165) is 11.6 Å². The molecule has 2 aromatic carbocycles. The molecule has 8 nitrogen and oxygen atoms in total. The number of benzene rings is 2. The fourth-order valence-electron chi connectivity index (χ4n) is 2.35. The predicted octanol–water partition coefficient (Wildman–Crippen LogP) is 1.94. The summed E-state index contributed by atoms with van der Waals surface area (Å²) in [5, 5.41) is 34.7. The van der Waals surface area contributed by atoms with Gasteiger partial charge in [-0.25, -0.2) is 0 Å². The van der Waals surface area contributed by atoms with Gasteiger partial charge in [0.2, 0.25) is 0 Å². The van der Waals surface area contributed by atoms with Gasteiger partial charge in [-0.15, -0.1) is 0 Å². The van der Waals surface area contributed by atoms with Crippen molar-refractivity contribution in [2.24, 2.45) is 0 Å². The first kappa shape index (κ1) is 19.5. The van der Waals surface area contributed by atoms with E-state index in [0.29, 0.717) is 13.0 Å². The van der Waals surface area contributed by atoms with Crippen LogP contribution in [0.1, 0.15) is 11.1 Å². The third kappa shape index (κ3) is 5.06. The van der Waals surface area contributed by atoms with Crippen LogP contribution in [0.5, 0.6) is 11.5 Å². The van der Waals surface area contributed by atoms with E-state index in [9.17, 15) is 25.3 Å². The standard InChI is InChI=1S/C19H17N3O5/c1-27-17-11-14(10-16(18(17)23)22(25)26)9-15(12-20)19(24)21-8-7-13-5-3-2-4-6-13/h2-6,9-11,23H,7-8H2,1H3,(H,21,24)/p-1/b15-9+. The third-order valence-electron chi connectivity index (χ3n) is 3.69. The van der Waals surface area contributed by atoms with Crippen molar-refractivity contribution in [2.75, 3.05) is 13.7 Å². The smallest absolute Gasteiger partial charge is 0.266 e. The quantitative estimate of drug-likeness (QED) is 0.345. The number of rotatable bonds is 7. The SMILES string of the molecule is COc1cc(/C=C(\C#N)C(=O)NCCc2ccccc2)cc([N+](=O)[O-])c1[O-]. The van der Waals surface area contributed by atoms with E-state index in [1.165, 1.54) is 19.3 Å². The van der Waals surface area contributed by atoms with E-state index < -0.39 is 22.3 Å². The Morgan fingerprint density at radius 2 is 2.04 bits per heavy atom. The van der Waals surface area contributed by atoms with Crippen LogP contribution < -0.4 is 15.2 Å². The lowest BCUT2D eigenvalue weighted by atomic mass is 10.1. The summed E-state index contributed by atoms with van der Waals surface area (Å²) in [7, 11) is 1.20. The molecule has 0 saturated heterocycles. The molecule has 0 aliphatic heterocycles. The van der Waals surface area contributed by atoms with Crippen molar-refractivity contribution in [1.82, 2.24) is 5.32 Å². The van der Waals surface area contributed by atoms with Crippen LogP contribution in [0.15, 0.2) is 48.0 Å². The Morgan fingerprint density at radius 3 is 2.63 bits per heavy atom. The number of amides is 1. The highest BCUT2D eigenvalue weighted by Crippen LogP contribution is 2.35. The molecule has 138 valence electrons. The van der Waals surface area contributed by atoms with Crippen LogP contribution in [0.3, 0.4) is 0 Å². The molecule has 0 saturated carbocycles. The number of nitrogens with zero attached hydrogens (tertiary/aromatic N) is 2. The Hall–Kier alpha value is -3.86. The Bertz CT molecular complexity index is 917. The van der Waals surface area contributed by atoms with Gasteiger partial charge in [0.1, 0.15) is 17.4 Å². The molecular formula is C19H16N3O5-. The molecule has 0 heterocycles.